The highest BCUT2D eigenvalue weighted by atomic mass is 16.3. The predicted molar refractivity (Wildman–Crippen MR) is 69.3 cm³/mol. The lowest BCUT2D eigenvalue weighted by Gasteiger charge is -2.18. The Balaban J connectivity index is 2.98. The number of hydrogen-bond acceptors (Lipinski definition) is 3. The third-order valence-corrected chi connectivity index (χ3v) is 2.47. The van der Waals surface area contributed by atoms with Gasteiger partial charge in [0.2, 0.25) is 0 Å². The predicted octanol–water partition coefficient (Wildman–Crippen LogP) is 2.51. The van der Waals surface area contributed by atoms with Gasteiger partial charge < -0.3 is 10.8 Å². The molecule has 0 saturated heterocycles. The van der Waals surface area contributed by atoms with Crippen molar-refractivity contribution in [2.75, 3.05) is 6.54 Å². The van der Waals surface area contributed by atoms with Gasteiger partial charge >= 0.3 is 0 Å². The molecule has 3 nitrogen and oxygen atoms in total. The normalized spacial score (nSPS) is 11.5. The van der Waals surface area contributed by atoms with Crippen LogP contribution in [0.1, 0.15) is 43.1 Å². The van der Waals surface area contributed by atoms with Gasteiger partial charge in [0.1, 0.15) is 5.75 Å². The molecule has 3 heteroatoms. The summed E-state index contributed by atoms with van der Waals surface area (Å²) in [5, 5.41) is 9.67. The lowest BCUT2D eigenvalue weighted by molar-refractivity contribution is 0.0982. The molecule has 0 aromatic heterocycles. The first-order valence-corrected chi connectivity index (χ1v) is 5.88. The number of phenols is 1. The van der Waals surface area contributed by atoms with Crippen molar-refractivity contribution >= 4 is 5.78 Å². The second-order valence-corrected chi connectivity index (χ2v) is 5.55. The minimum atomic E-state index is -0.0965. The Morgan fingerprint density at radius 3 is 2.53 bits per heavy atom. The van der Waals surface area contributed by atoms with E-state index >= 15 is 0 Å². The van der Waals surface area contributed by atoms with E-state index in [1.807, 2.05) is 6.07 Å². The molecular formula is C14H21NO2. The number of hydrogen-bond donors (Lipinski definition) is 2. The van der Waals surface area contributed by atoms with E-state index in [9.17, 15) is 9.90 Å². The maximum Gasteiger partial charge on any atom is 0.167 e. The quantitative estimate of drug-likeness (QED) is 0.788. The van der Waals surface area contributed by atoms with E-state index in [1.54, 1.807) is 12.1 Å². The maximum atomic E-state index is 11.7. The summed E-state index contributed by atoms with van der Waals surface area (Å²) in [7, 11) is 0. The van der Waals surface area contributed by atoms with Gasteiger partial charge in [-0.15, -0.1) is 0 Å². The Bertz CT molecular complexity index is 405. The van der Waals surface area contributed by atoms with Crippen LogP contribution >= 0.6 is 0 Å². The van der Waals surface area contributed by atoms with Crippen molar-refractivity contribution in [2.24, 2.45) is 11.1 Å². The summed E-state index contributed by atoms with van der Waals surface area (Å²) in [4.78, 5) is 11.7. The average molecular weight is 235 g/mol. The van der Waals surface area contributed by atoms with E-state index in [-0.39, 0.29) is 23.4 Å². The number of rotatable bonds is 4. The molecule has 0 heterocycles. The van der Waals surface area contributed by atoms with Crippen molar-refractivity contribution in [3.8, 4) is 5.75 Å². The van der Waals surface area contributed by atoms with Crippen LogP contribution in [0.25, 0.3) is 0 Å². The summed E-state index contributed by atoms with van der Waals surface area (Å²) in [6, 6.07) is 5.23. The van der Waals surface area contributed by atoms with Crippen LogP contribution in [0.3, 0.4) is 0 Å². The lowest BCUT2D eigenvalue weighted by Crippen LogP contribution is -2.11. The van der Waals surface area contributed by atoms with Crippen LogP contribution in [-0.4, -0.2) is 17.4 Å². The third kappa shape index (κ3) is 4.19. The Labute approximate surface area is 103 Å². The van der Waals surface area contributed by atoms with Gasteiger partial charge in [0.15, 0.2) is 5.78 Å². The van der Waals surface area contributed by atoms with Crippen LogP contribution in [0, 0.1) is 5.41 Å². The molecule has 0 bridgehead atoms. The number of benzene rings is 1. The Morgan fingerprint density at radius 2 is 2.00 bits per heavy atom. The second kappa shape index (κ2) is 5.32. The number of carbonyl (C=O) groups excluding carboxylic acids is 1. The standard InChI is InChI=1S/C14H21NO2/c1-14(2,3)9-10-4-5-12(16)11(8-10)13(17)6-7-15/h4-5,8,16H,6-7,9,15H2,1-3H3. The van der Waals surface area contributed by atoms with Gasteiger partial charge in [0, 0.05) is 6.42 Å². The maximum absolute atomic E-state index is 11.7. The van der Waals surface area contributed by atoms with Gasteiger partial charge in [-0.2, -0.15) is 0 Å². The number of nitrogens with two attached hydrogens (primary N) is 1. The summed E-state index contributed by atoms with van der Waals surface area (Å²) in [5.41, 5.74) is 6.96. The highest BCUT2D eigenvalue weighted by molar-refractivity contribution is 5.98. The molecule has 0 aliphatic rings. The molecule has 0 unspecified atom stereocenters. The van der Waals surface area contributed by atoms with Gasteiger partial charge in [-0.3, -0.25) is 4.79 Å². The minimum absolute atomic E-state index is 0.0427. The first-order chi connectivity index (χ1) is 7.83. The van der Waals surface area contributed by atoms with Crippen molar-refractivity contribution in [3.05, 3.63) is 29.3 Å². The Morgan fingerprint density at radius 1 is 1.35 bits per heavy atom. The smallest absolute Gasteiger partial charge is 0.167 e. The summed E-state index contributed by atoms with van der Waals surface area (Å²) in [6.45, 7) is 6.73. The van der Waals surface area contributed by atoms with Crippen LogP contribution in [0.15, 0.2) is 18.2 Å². The molecule has 0 radical (unpaired) electrons. The van der Waals surface area contributed by atoms with Gasteiger partial charge in [0.25, 0.3) is 0 Å². The lowest BCUT2D eigenvalue weighted by atomic mass is 9.87. The third-order valence-electron chi connectivity index (χ3n) is 2.47. The van der Waals surface area contributed by atoms with Crippen molar-refractivity contribution in [3.63, 3.8) is 0 Å². The summed E-state index contributed by atoms with van der Waals surface area (Å²) < 4.78 is 0. The van der Waals surface area contributed by atoms with Crippen LogP contribution in [0.5, 0.6) is 5.75 Å². The van der Waals surface area contributed by atoms with Crippen molar-refractivity contribution < 1.29 is 9.90 Å². The fraction of sp³-hybridized carbons (Fsp3) is 0.500. The van der Waals surface area contributed by atoms with Gasteiger partial charge in [0.05, 0.1) is 5.56 Å². The van der Waals surface area contributed by atoms with Crippen LogP contribution in [0.4, 0.5) is 0 Å². The molecule has 0 aliphatic carbocycles. The van der Waals surface area contributed by atoms with E-state index < -0.39 is 0 Å². The van der Waals surface area contributed by atoms with Gasteiger partial charge in [-0.25, -0.2) is 0 Å². The zero-order valence-electron chi connectivity index (χ0n) is 10.8. The molecule has 0 aliphatic heterocycles. The van der Waals surface area contributed by atoms with Crippen LogP contribution in [0.2, 0.25) is 0 Å². The number of carbonyl (C=O) groups is 1. The van der Waals surface area contributed by atoms with Crippen molar-refractivity contribution in [2.45, 2.75) is 33.6 Å². The van der Waals surface area contributed by atoms with E-state index in [0.717, 1.165) is 12.0 Å². The molecule has 17 heavy (non-hydrogen) atoms. The summed E-state index contributed by atoms with van der Waals surface area (Å²) in [6.07, 6.45) is 1.14. The Hall–Kier alpha value is -1.35. The SMILES string of the molecule is CC(C)(C)Cc1ccc(O)c(C(=O)CCN)c1. The zero-order chi connectivity index (χ0) is 13.1. The van der Waals surface area contributed by atoms with Gasteiger partial charge in [-0.05, 0) is 36.1 Å². The molecule has 94 valence electrons. The topological polar surface area (TPSA) is 63.3 Å². The molecular weight excluding hydrogens is 214 g/mol. The fourth-order valence-corrected chi connectivity index (χ4v) is 1.79. The number of ketones is 1. The largest absolute Gasteiger partial charge is 0.507 e. The van der Waals surface area contributed by atoms with E-state index in [1.165, 1.54) is 0 Å². The average Bonchev–Trinajstić information content (AvgIpc) is 2.19. The molecule has 3 N–H and O–H groups in total. The minimum Gasteiger partial charge on any atom is -0.507 e. The monoisotopic (exact) mass is 235 g/mol. The first-order valence-electron chi connectivity index (χ1n) is 5.88. The molecule has 1 aromatic rings. The Kier molecular flexibility index (Phi) is 4.29. The molecule has 0 atom stereocenters. The molecule has 0 spiro atoms. The van der Waals surface area contributed by atoms with E-state index in [4.69, 9.17) is 5.73 Å². The number of aromatic hydroxyl groups is 1. The molecule has 1 rings (SSSR count). The van der Waals surface area contributed by atoms with Gasteiger partial charge in [-0.1, -0.05) is 26.8 Å². The zero-order valence-corrected chi connectivity index (χ0v) is 10.8. The van der Waals surface area contributed by atoms with Crippen LogP contribution < -0.4 is 5.73 Å². The van der Waals surface area contributed by atoms with E-state index in [0.29, 0.717) is 12.1 Å². The molecule has 0 saturated carbocycles. The van der Waals surface area contributed by atoms with Crippen molar-refractivity contribution in [1.82, 2.24) is 0 Å². The van der Waals surface area contributed by atoms with Crippen molar-refractivity contribution in [1.29, 1.82) is 0 Å². The molecule has 0 amide bonds. The van der Waals surface area contributed by atoms with Crippen LogP contribution in [-0.2, 0) is 6.42 Å². The number of phenolic OH excluding ortho intramolecular Hbond substituents is 1. The summed E-state index contributed by atoms with van der Waals surface area (Å²) >= 11 is 0. The van der Waals surface area contributed by atoms with E-state index in [2.05, 4.69) is 20.8 Å². The fourth-order valence-electron chi connectivity index (χ4n) is 1.79. The summed E-state index contributed by atoms with van der Waals surface area (Å²) in [5.74, 6) is -0.0538. The highest BCUT2D eigenvalue weighted by Crippen LogP contribution is 2.25. The molecule has 1 aromatic carbocycles. The number of Topliss-reactive ketones (excluding diaryl/α,β-unsaturated/α-hetero) is 1. The highest BCUT2D eigenvalue weighted by Gasteiger charge is 2.15. The molecule has 0 fully saturated rings. The second-order valence-electron chi connectivity index (χ2n) is 5.55. The first kappa shape index (κ1) is 13.7.